The highest BCUT2D eigenvalue weighted by Gasteiger charge is 2.21. The number of imidazole rings is 1. The van der Waals surface area contributed by atoms with Crippen LogP contribution in [0.5, 0.6) is 0 Å². The molecule has 23 heavy (non-hydrogen) atoms. The molecule has 0 bridgehead atoms. The lowest BCUT2D eigenvalue weighted by Crippen LogP contribution is -2.08. The first-order valence-electron chi connectivity index (χ1n) is 7.96. The number of aromatic amines is 1. The van der Waals surface area contributed by atoms with E-state index in [2.05, 4.69) is 49.5 Å². The molecule has 0 aliphatic heterocycles. The third-order valence-corrected chi connectivity index (χ3v) is 3.92. The molecule has 0 spiro atoms. The van der Waals surface area contributed by atoms with E-state index in [0.717, 1.165) is 29.6 Å². The van der Waals surface area contributed by atoms with Crippen LogP contribution in [0.1, 0.15) is 32.7 Å². The van der Waals surface area contributed by atoms with Crippen molar-refractivity contribution in [1.29, 1.82) is 0 Å². The summed E-state index contributed by atoms with van der Waals surface area (Å²) >= 11 is 0. The molecule has 0 aromatic carbocycles. The van der Waals surface area contributed by atoms with Crippen molar-refractivity contribution < 1.29 is 0 Å². The quantitative estimate of drug-likeness (QED) is 0.647. The first-order valence-corrected chi connectivity index (χ1v) is 7.96. The number of nitrogens with one attached hydrogen (secondary N) is 3. The van der Waals surface area contributed by atoms with E-state index < -0.39 is 0 Å². The molecular formula is C15H20N8. The van der Waals surface area contributed by atoms with Crippen LogP contribution in [0.3, 0.4) is 0 Å². The Morgan fingerprint density at radius 2 is 2.22 bits per heavy atom. The summed E-state index contributed by atoms with van der Waals surface area (Å²) in [6.45, 7) is 5.11. The van der Waals surface area contributed by atoms with Crippen molar-refractivity contribution in [1.82, 2.24) is 29.7 Å². The Morgan fingerprint density at radius 3 is 2.96 bits per heavy atom. The molecule has 0 saturated heterocycles. The van der Waals surface area contributed by atoms with Crippen LogP contribution in [0.15, 0.2) is 18.6 Å². The van der Waals surface area contributed by atoms with Crippen molar-refractivity contribution in [3.8, 4) is 0 Å². The van der Waals surface area contributed by atoms with E-state index in [-0.39, 0.29) is 0 Å². The summed E-state index contributed by atoms with van der Waals surface area (Å²) in [6, 6.07) is 2.23. The van der Waals surface area contributed by atoms with Crippen LogP contribution in [0, 0.1) is 5.92 Å². The fourth-order valence-electron chi connectivity index (χ4n) is 2.39. The molecule has 3 aromatic rings. The molecule has 3 aromatic heterocycles. The summed E-state index contributed by atoms with van der Waals surface area (Å²) in [6.07, 6.45) is 6.16. The molecule has 8 heteroatoms. The number of aromatic nitrogens is 6. The Bertz CT molecular complexity index is 814. The van der Waals surface area contributed by atoms with E-state index in [1.54, 1.807) is 6.33 Å². The number of fused-ring (bicyclic) bond motifs is 1. The van der Waals surface area contributed by atoms with Gasteiger partial charge in [-0.3, -0.25) is 4.68 Å². The van der Waals surface area contributed by atoms with Gasteiger partial charge in [0, 0.05) is 24.8 Å². The zero-order valence-corrected chi connectivity index (χ0v) is 13.2. The highest BCUT2D eigenvalue weighted by Crippen LogP contribution is 2.29. The molecule has 3 N–H and O–H groups in total. The highest BCUT2D eigenvalue weighted by molar-refractivity contribution is 5.84. The van der Waals surface area contributed by atoms with Crippen molar-refractivity contribution in [3.63, 3.8) is 0 Å². The lowest BCUT2D eigenvalue weighted by Gasteiger charge is -2.08. The predicted octanol–water partition coefficient (Wildman–Crippen LogP) is 2.70. The first-order chi connectivity index (χ1) is 11.2. The molecular weight excluding hydrogens is 292 g/mol. The molecule has 1 saturated carbocycles. The van der Waals surface area contributed by atoms with E-state index in [4.69, 9.17) is 0 Å². The van der Waals surface area contributed by atoms with Crippen LogP contribution in [0.4, 0.5) is 17.6 Å². The van der Waals surface area contributed by atoms with Gasteiger partial charge in [0.15, 0.2) is 17.3 Å². The van der Waals surface area contributed by atoms with Crippen LogP contribution in [0.25, 0.3) is 11.2 Å². The average molecular weight is 312 g/mol. The summed E-state index contributed by atoms with van der Waals surface area (Å²) in [5.74, 6) is 2.77. The van der Waals surface area contributed by atoms with E-state index in [0.29, 0.717) is 17.6 Å². The van der Waals surface area contributed by atoms with E-state index in [9.17, 15) is 0 Å². The Kier molecular flexibility index (Phi) is 3.36. The molecule has 8 nitrogen and oxygen atoms in total. The van der Waals surface area contributed by atoms with E-state index in [1.807, 2.05) is 16.9 Å². The third kappa shape index (κ3) is 2.96. The van der Waals surface area contributed by atoms with Gasteiger partial charge in [-0.15, -0.1) is 0 Å². The Labute approximate surface area is 133 Å². The molecule has 3 heterocycles. The van der Waals surface area contributed by atoms with Crippen LogP contribution in [-0.2, 0) is 0 Å². The second-order valence-electron chi connectivity index (χ2n) is 6.22. The minimum absolute atomic E-state index is 0.316. The Morgan fingerprint density at radius 1 is 1.35 bits per heavy atom. The molecule has 1 fully saturated rings. The normalized spacial score (nSPS) is 14.6. The largest absolute Gasteiger partial charge is 0.368 e. The highest BCUT2D eigenvalue weighted by atomic mass is 15.3. The molecule has 1 aliphatic carbocycles. The van der Waals surface area contributed by atoms with Gasteiger partial charge < -0.3 is 15.6 Å². The van der Waals surface area contributed by atoms with Crippen molar-refractivity contribution >= 4 is 28.7 Å². The maximum absolute atomic E-state index is 4.57. The van der Waals surface area contributed by atoms with Crippen molar-refractivity contribution in [2.45, 2.75) is 32.7 Å². The van der Waals surface area contributed by atoms with Gasteiger partial charge >= 0.3 is 0 Å². The van der Waals surface area contributed by atoms with Crippen molar-refractivity contribution in [2.24, 2.45) is 5.92 Å². The molecule has 1 aliphatic rings. The first kappa shape index (κ1) is 14.0. The second-order valence-corrected chi connectivity index (χ2v) is 6.22. The lowest BCUT2D eigenvalue weighted by atomic mass is 10.4. The molecule has 120 valence electrons. The van der Waals surface area contributed by atoms with Gasteiger partial charge in [-0.05, 0) is 32.6 Å². The minimum atomic E-state index is 0.316. The Hall–Kier alpha value is -2.64. The summed E-state index contributed by atoms with van der Waals surface area (Å²) in [5.41, 5.74) is 1.48. The zero-order chi connectivity index (χ0) is 15.8. The van der Waals surface area contributed by atoms with Gasteiger partial charge in [-0.25, -0.2) is 4.98 Å². The van der Waals surface area contributed by atoms with Gasteiger partial charge in [0.25, 0.3) is 0 Å². The van der Waals surface area contributed by atoms with Crippen LogP contribution < -0.4 is 10.6 Å². The van der Waals surface area contributed by atoms with Gasteiger partial charge in [0.1, 0.15) is 5.52 Å². The van der Waals surface area contributed by atoms with Gasteiger partial charge in [-0.1, -0.05) is 0 Å². The maximum Gasteiger partial charge on any atom is 0.232 e. The van der Waals surface area contributed by atoms with Crippen LogP contribution >= 0.6 is 0 Å². The second kappa shape index (κ2) is 5.53. The number of nitrogens with zero attached hydrogens (tertiary/aromatic N) is 5. The maximum atomic E-state index is 4.57. The fraction of sp³-hybridized carbons (Fsp3) is 0.467. The smallest absolute Gasteiger partial charge is 0.232 e. The Balaban J connectivity index is 1.60. The summed E-state index contributed by atoms with van der Waals surface area (Å²) < 4.78 is 1.89. The number of H-pyrrole nitrogens is 1. The minimum Gasteiger partial charge on any atom is -0.368 e. The fourth-order valence-corrected chi connectivity index (χ4v) is 2.39. The third-order valence-electron chi connectivity index (χ3n) is 3.92. The predicted molar refractivity (Wildman–Crippen MR) is 88.8 cm³/mol. The van der Waals surface area contributed by atoms with Crippen LogP contribution in [0.2, 0.25) is 0 Å². The number of anilines is 3. The zero-order valence-electron chi connectivity index (χ0n) is 13.2. The summed E-state index contributed by atoms with van der Waals surface area (Å²) in [7, 11) is 0. The van der Waals surface area contributed by atoms with Crippen molar-refractivity contribution in [2.75, 3.05) is 17.2 Å². The monoisotopic (exact) mass is 312 g/mol. The number of rotatable bonds is 6. The van der Waals surface area contributed by atoms with E-state index >= 15 is 0 Å². The van der Waals surface area contributed by atoms with Gasteiger partial charge in [-0.2, -0.15) is 15.1 Å². The lowest BCUT2D eigenvalue weighted by molar-refractivity contribution is 0.534. The average Bonchev–Trinajstić information content (AvgIpc) is 3.03. The SMILES string of the molecule is CC(C)n1ccc(Nc2nc(NCC3CC3)c3[nH]cnc3n2)n1. The van der Waals surface area contributed by atoms with Crippen molar-refractivity contribution in [3.05, 3.63) is 18.6 Å². The molecule has 0 atom stereocenters. The van der Waals surface area contributed by atoms with Gasteiger partial charge in [0.2, 0.25) is 5.95 Å². The van der Waals surface area contributed by atoms with E-state index in [1.165, 1.54) is 12.8 Å². The number of hydrogen-bond donors (Lipinski definition) is 3. The summed E-state index contributed by atoms with van der Waals surface area (Å²) in [5, 5.41) is 11.0. The summed E-state index contributed by atoms with van der Waals surface area (Å²) in [4.78, 5) is 16.3. The standard InChI is InChI=1S/C15H20N8/c1-9(2)23-6-5-11(22-23)19-15-20-13(16-7-10-3-4-10)12-14(21-15)18-8-17-12/h5-6,8-10H,3-4,7H2,1-2H3,(H3,16,17,18,19,20,21,22). The van der Waals surface area contributed by atoms with Crippen LogP contribution in [-0.4, -0.2) is 36.3 Å². The van der Waals surface area contributed by atoms with Gasteiger partial charge in [0.05, 0.1) is 6.33 Å². The molecule has 4 rings (SSSR count). The molecule has 0 radical (unpaired) electrons. The molecule has 0 amide bonds. The topological polar surface area (TPSA) is 96.3 Å². The molecule has 0 unspecified atom stereocenters. The number of hydrogen-bond acceptors (Lipinski definition) is 6.